The molecule has 25 heavy (non-hydrogen) atoms. The van der Waals surface area contributed by atoms with Gasteiger partial charge in [-0.25, -0.2) is 0 Å². The van der Waals surface area contributed by atoms with Crippen LogP contribution in [-0.2, 0) is 10.2 Å². The van der Waals surface area contributed by atoms with Crippen molar-refractivity contribution in [2.24, 2.45) is 11.7 Å². The predicted octanol–water partition coefficient (Wildman–Crippen LogP) is 3.45. The Hall–Kier alpha value is -2.22. The van der Waals surface area contributed by atoms with E-state index in [9.17, 15) is 10.1 Å². The zero-order valence-corrected chi connectivity index (χ0v) is 14.8. The molecule has 0 saturated heterocycles. The highest BCUT2D eigenvalue weighted by atomic mass is 16.5. The molecule has 0 spiro atoms. The summed E-state index contributed by atoms with van der Waals surface area (Å²) in [7, 11) is 1.63. The van der Waals surface area contributed by atoms with Crippen molar-refractivity contribution in [2.75, 3.05) is 7.11 Å². The highest BCUT2D eigenvalue weighted by molar-refractivity contribution is 5.77. The van der Waals surface area contributed by atoms with Gasteiger partial charge in [0.1, 0.15) is 0 Å². The summed E-state index contributed by atoms with van der Waals surface area (Å²) >= 11 is 0. The van der Waals surface area contributed by atoms with Gasteiger partial charge in [0.2, 0.25) is 5.91 Å². The van der Waals surface area contributed by atoms with Gasteiger partial charge in [-0.2, -0.15) is 5.26 Å². The number of nitriles is 1. The first-order valence-corrected chi connectivity index (χ1v) is 9.14. The molecular formula is C20H26N2O3. The maximum atomic E-state index is 11.7. The lowest BCUT2D eigenvalue weighted by Gasteiger charge is -2.35. The highest BCUT2D eigenvalue weighted by Crippen LogP contribution is 2.44. The Morgan fingerprint density at radius 2 is 2.00 bits per heavy atom. The van der Waals surface area contributed by atoms with E-state index in [1.165, 1.54) is 12.8 Å². The van der Waals surface area contributed by atoms with Crippen molar-refractivity contribution in [2.45, 2.75) is 62.9 Å². The molecule has 5 heteroatoms. The molecule has 2 fully saturated rings. The van der Waals surface area contributed by atoms with Gasteiger partial charge in [-0.05, 0) is 62.6 Å². The van der Waals surface area contributed by atoms with Crippen molar-refractivity contribution in [1.29, 1.82) is 5.26 Å². The lowest BCUT2D eigenvalue weighted by atomic mass is 9.66. The minimum absolute atomic E-state index is 0.215. The van der Waals surface area contributed by atoms with E-state index in [4.69, 9.17) is 15.2 Å². The first-order chi connectivity index (χ1) is 12.1. The van der Waals surface area contributed by atoms with Gasteiger partial charge in [-0.15, -0.1) is 0 Å². The van der Waals surface area contributed by atoms with E-state index in [2.05, 4.69) is 6.07 Å². The zero-order chi connectivity index (χ0) is 17.9. The molecule has 2 aliphatic rings. The maximum absolute atomic E-state index is 11.7. The molecule has 5 nitrogen and oxygen atoms in total. The lowest BCUT2D eigenvalue weighted by Crippen LogP contribution is -2.37. The number of rotatable bonds is 5. The minimum atomic E-state index is -0.683. The van der Waals surface area contributed by atoms with Crippen molar-refractivity contribution in [3.8, 4) is 17.6 Å². The molecule has 1 aromatic rings. The highest BCUT2D eigenvalue weighted by Gasteiger charge is 2.40. The molecule has 2 saturated carbocycles. The third-order valence-electron chi connectivity index (χ3n) is 5.68. The summed E-state index contributed by atoms with van der Waals surface area (Å²) < 4.78 is 11.6. The second-order valence-electron chi connectivity index (χ2n) is 7.28. The molecular weight excluding hydrogens is 316 g/mol. The summed E-state index contributed by atoms with van der Waals surface area (Å²) in [5.41, 5.74) is 5.73. The molecule has 2 atom stereocenters. The van der Waals surface area contributed by atoms with Crippen molar-refractivity contribution >= 4 is 5.91 Å². The monoisotopic (exact) mass is 342 g/mol. The SMILES string of the molecule is COc1ccc([C@]2(C#N)CCC[C@@H](C(N)=O)C2)cc1OC1CCCC1. The summed E-state index contributed by atoms with van der Waals surface area (Å²) in [5.74, 6) is 0.832. The number of benzene rings is 1. The smallest absolute Gasteiger partial charge is 0.220 e. The number of amides is 1. The van der Waals surface area contributed by atoms with Gasteiger partial charge in [0, 0.05) is 5.92 Å². The van der Waals surface area contributed by atoms with Crippen molar-refractivity contribution < 1.29 is 14.3 Å². The van der Waals surface area contributed by atoms with Gasteiger partial charge in [-0.3, -0.25) is 4.79 Å². The van der Waals surface area contributed by atoms with Crippen LogP contribution in [0.3, 0.4) is 0 Å². The van der Waals surface area contributed by atoms with Gasteiger partial charge >= 0.3 is 0 Å². The average Bonchev–Trinajstić information content (AvgIpc) is 3.14. The first-order valence-electron chi connectivity index (χ1n) is 9.14. The lowest BCUT2D eigenvalue weighted by molar-refractivity contribution is -0.123. The van der Waals surface area contributed by atoms with E-state index >= 15 is 0 Å². The topological polar surface area (TPSA) is 85.3 Å². The van der Waals surface area contributed by atoms with Crippen LogP contribution in [0.25, 0.3) is 0 Å². The quantitative estimate of drug-likeness (QED) is 0.888. The number of nitrogens with zero attached hydrogens (tertiary/aromatic N) is 1. The van der Waals surface area contributed by atoms with Crippen LogP contribution in [0.1, 0.15) is 56.9 Å². The standard InChI is InChI=1S/C20H26N2O3/c1-24-17-9-8-15(11-18(17)25-16-6-2-3-7-16)20(13-21)10-4-5-14(12-20)19(22)23/h8-9,11,14,16H,2-7,10,12H2,1H3,(H2,22,23)/t14-,20-/m1/s1. The maximum Gasteiger partial charge on any atom is 0.220 e. The van der Waals surface area contributed by atoms with E-state index in [0.29, 0.717) is 17.9 Å². The molecule has 0 aliphatic heterocycles. The number of methoxy groups -OCH3 is 1. The molecule has 2 aliphatic carbocycles. The molecule has 3 rings (SSSR count). The Morgan fingerprint density at radius 3 is 2.64 bits per heavy atom. The number of hydrogen-bond acceptors (Lipinski definition) is 4. The molecule has 1 amide bonds. The molecule has 0 unspecified atom stereocenters. The number of ether oxygens (including phenoxy) is 2. The molecule has 0 heterocycles. The van der Waals surface area contributed by atoms with E-state index < -0.39 is 5.41 Å². The van der Waals surface area contributed by atoms with Gasteiger partial charge in [0.25, 0.3) is 0 Å². The number of carbonyl (C=O) groups excluding carboxylic acids is 1. The fourth-order valence-corrected chi connectivity index (χ4v) is 4.20. The van der Waals surface area contributed by atoms with Crippen LogP contribution < -0.4 is 15.2 Å². The van der Waals surface area contributed by atoms with Crippen LogP contribution in [-0.4, -0.2) is 19.1 Å². The molecule has 0 bridgehead atoms. The van der Waals surface area contributed by atoms with E-state index in [1.54, 1.807) is 7.11 Å². The Balaban J connectivity index is 1.91. The summed E-state index contributed by atoms with van der Waals surface area (Å²) in [5, 5.41) is 9.92. The summed E-state index contributed by atoms with van der Waals surface area (Å²) in [4.78, 5) is 11.7. The number of primary amides is 1. The second kappa shape index (κ2) is 7.35. The fraction of sp³-hybridized carbons (Fsp3) is 0.600. The minimum Gasteiger partial charge on any atom is -0.493 e. The van der Waals surface area contributed by atoms with Gasteiger partial charge in [-0.1, -0.05) is 12.5 Å². The van der Waals surface area contributed by atoms with E-state index in [-0.39, 0.29) is 17.9 Å². The van der Waals surface area contributed by atoms with Gasteiger partial charge in [0.05, 0.1) is 24.7 Å². The molecule has 1 aromatic carbocycles. The average molecular weight is 342 g/mol. The Morgan fingerprint density at radius 1 is 1.24 bits per heavy atom. The van der Waals surface area contributed by atoms with Crippen molar-refractivity contribution in [3.63, 3.8) is 0 Å². The van der Waals surface area contributed by atoms with Crippen LogP contribution in [0, 0.1) is 17.2 Å². The van der Waals surface area contributed by atoms with Gasteiger partial charge in [0.15, 0.2) is 11.5 Å². The van der Waals surface area contributed by atoms with E-state index in [0.717, 1.165) is 37.7 Å². The van der Waals surface area contributed by atoms with Crippen LogP contribution in [0.2, 0.25) is 0 Å². The number of nitrogens with two attached hydrogens (primary N) is 1. The van der Waals surface area contributed by atoms with Gasteiger partial charge < -0.3 is 15.2 Å². The summed E-state index contributed by atoms with van der Waals surface area (Å²) in [6, 6.07) is 8.20. The molecule has 0 aromatic heterocycles. The molecule has 2 N–H and O–H groups in total. The Labute approximate surface area is 149 Å². The largest absolute Gasteiger partial charge is 0.493 e. The third-order valence-corrected chi connectivity index (χ3v) is 5.68. The normalized spacial score (nSPS) is 26.8. The van der Waals surface area contributed by atoms with Crippen molar-refractivity contribution in [3.05, 3.63) is 23.8 Å². The first kappa shape index (κ1) is 17.6. The summed E-state index contributed by atoms with van der Waals surface area (Å²) in [6.45, 7) is 0. The number of hydrogen-bond donors (Lipinski definition) is 1. The van der Waals surface area contributed by atoms with E-state index in [1.807, 2.05) is 18.2 Å². The summed E-state index contributed by atoms with van der Waals surface area (Å²) in [6.07, 6.45) is 7.51. The molecule has 134 valence electrons. The zero-order valence-electron chi connectivity index (χ0n) is 14.8. The Kier molecular flexibility index (Phi) is 5.17. The third kappa shape index (κ3) is 3.58. The Bertz CT molecular complexity index is 676. The van der Waals surface area contributed by atoms with Crippen LogP contribution in [0.4, 0.5) is 0 Å². The van der Waals surface area contributed by atoms with Crippen LogP contribution >= 0.6 is 0 Å². The number of carbonyl (C=O) groups is 1. The van der Waals surface area contributed by atoms with Crippen molar-refractivity contribution in [1.82, 2.24) is 0 Å². The predicted molar refractivity (Wildman–Crippen MR) is 94.3 cm³/mol. The van der Waals surface area contributed by atoms with Crippen LogP contribution in [0.5, 0.6) is 11.5 Å². The molecule has 0 radical (unpaired) electrons. The second-order valence-corrected chi connectivity index (χ2v) is 7.28. The van der Waals surface area contributed by atoms with Crippen LogP contribution in [0.15, 0.2) is 18.2 Å². The fourth-order valence-electron chi connectivity index (χ4n) is 4.20.